The molecule has 0 aromatic rings. The van der Waals surface area contributed by atoms with Crippen molar-refractivity contribution in [3.05, 3.63) is 0 Å². The first-order valence-electron chi connectivity index (χ1n) is 4.60. The lowest BCUT2D eigenvalue weighted by Gasteiger charge is -2.08. The molecule has 0 aromatic carbocycles. The summed E-state index contributed by atoms with van der Waals surface area (Å²) in [6, 6.07) is 0. The summed E-state index contributed by atoms with van der Waals surface area (Å²) in [6.07, 6.45) is 5.53. The van der Waals surface area contributed by atoms with Crippen LogP contribution in [0, 0.1) is 11.8 Å². The molecule has 1 nitrogen and oxygen atoms in total. The molecule has 0 aliphatic heterocycles. The molecule has 0 rings (SSSR count). The third-order valence-corrected chi connectivity index (χ3v) is 1.98. The van der Waals surface area contributed by atoms with Gasteiger partial charge in [-0.1, -0.05) is 40.0 Å². The molecule has 0 radical (unpaired) electrons. The first kappa shape index (κ1) is 10.7. The predicted octanol–water partition coefficient (Wildman–Crippen LogP) is 3.04. The second-order valence-electron chi connectivity index (χ2n) is 3.83. The molecule has 11 heavy (non-hydrogen) atoms. The van der Waals surface area contributed by atoms with Crippen molar-refractivity contribution in [2.75, 3.05) is 0 Å². The van der Waals surface area contributed by atoms with E-state index in [1.807, 2.05) is 0 Å². The molecule has 0 aromatic heterocycles. The van der Waals surface area contributed by atoms with E-state index in [9.17, 15) is 4.79 Å². The zero-order chi connectivity index (χ0) is 8.69. The van der Waals surface area contributed by atoms with Gasteiger partial charge in [0.25, 0.3) is 0 Å². The van der Waals surface area contributed by atoms with E-state index in [2.05, 4.69) is 20.8 Å². The summed E-state index contributed by atoms with van der Waals surface area (Å²) in [5.74, 6) is 1.39. The van der Waals surface area contributed by atoms with Gasteiger partial charge in [-0.3, -0.25) is 0 Å². The average molecular weight is 156 g/mol. The summed E-state index contributed by atoms with van der Waals surface area (Å²) in [5, 5.41) is 0. The molecule has 66 valence electrons. The van der Waals surface area contributed by atoms with Gasteiger partial charge in [0.1, 0.15) is 6.29 Å². The molecule has 0 saturated heterocycles. The minimum absolute atomic E-state index is 0.589. The van der Waals surface area contributed by atoms with Crippen LogP contribution in [0.1, 0.15) is 46.5 Å². The first-order chi connectivity index (χ1) is 5.16. The maximum atomic E-state index is 10.1. The molecule has 0 fully saturated rings. The maximum Gasteiger partial charge on any atom is 0.120 e. The largest absolute Gasteiger partial charge is 0.303 e. The van der Waals surface area contributed by atoms with E-state index >= 15 is 0 Å². The highest BCUT2D eigenvalue weighted by Gasteiger charge is 2.01. The smallest absolute Gasteiger partial charge is 0.120 e. The number of aldehydes is 1. The molecule has 0 heterocycles. The Bertz CT molecular complexity index is 97.0. The molecule has 0 aliphatic rings. The van der Waals surface area contributed by atoms with E-state index in [4.69, 9.17) is 0 Å². The second kappa shape index (κ2) is 6.38. The molecule has 0 amide bonds. The van der Waals surface area contributed by atoms with Crippen molar-refractivity contribution in [1.82, 2.24) is 0 Å². The summed E-state index contributed by atoms with van der Waals surface area (Å²) >= 11 is 0. The third kappa shape index (κ3) is 7.57. The Morgan fingerprint density at radius 3 is 2.27 bits per heavy atom. The van der Waals surface area contributed by atoms with Crippen LogP contribution in [0.25, 0.3) is 0 Å². The number of carbonyl (C=O) groups excluding carboxylic acids is 1. The Morgan fingerprint density at radius 2 is 1.82 bits per heavy atom. The van der Waals surface area contributed by atoms with Gasteiger partial charge in [-0.25, -0.2) is 0 Å². The fourth-order valence-electron chi connectivity index (χ4n) is 1.16. The van der Waals surface area contributed by atoms with Gasteiger partial charge >= 0.3 is 0 Å². The number of hydrogen-bond acceptors (Lipinski definition) is 1. The van der Waals surface area contributed by atoms with Crippen LogP contribution in [-0.4, -0.2) is 6.29 Å². The van der Waals surface area contributed by atoms with E-state index in [-0.39, 0.29) is 0 Å². The molecule has 1 heteroatoms. The van der Waals surface area contributed by atoms with E-state index in [1.54, 1.807) is 0 Å². The van der Waals surface area contributed by atoms with Crippen molar-refractivity contribution in [3.8, 4) is 0 Å². The number of rotatable bonds is 6. The van der Waals surface area contributed by atoms with Gasteiger partial charge in [-0.05, 0) is 11.8 Å². The molecule has 0 N–H and O–H groups in total. The summed E-state index contributed by atoms with van der Waals surface area (Å²) < 4.78 is 0. The Hall–Kier alpha value is -0.330. The number of hydrogen-bond donors (Lipinski definition) is 0. The molecular formula is C10H20O. The summed E-state index contributed by atoms with van der Waals surface area (Å²) in [6.45, 7) is 6.63. The fraction of sp³-hybridized carbons (Fsp3) is 0.900. The fourth-order valence-corrected chi connectivity index (χ4v) is 1.16. The molecule has 1 atom stereocenters. The van der Waals surface area contributed by atoms with Crippen LogP contribution in [0.3, 0.4) is 0 Å². The van der Waals surface area contributed by atoms with Crippen LogP contribution in [0.15, 0.2) is 0 Å². The van der Waals surface area contributed by atoms with Crippen LogP contribution in [0.4, 0.5) is 0 Å². The lowest BCUT2D eigenvalue weighted by molar-refractivity contribution is -0.108. The Labute approximate surface area is 70.2 Å². The van der Waals surface area contributed by atoms with Crippen LogP contribution in [-0.2, 0) is 4.79 Å². The van der Waals surface area contributed by atoms with Crippen molar-refractivity contribution < 1.29 is 4.79 Å². The monoisotopic (exact) mass is 156 g/mol. The average Bonchev–Trinajstić information content (AvgIpc) is 1.87. The first-order valence-corrected chi connectivity index (χ1v) is 4.60. The lowest BCUT2D eigenvalue weighted by atomic mass is 9.98. The summed E-state index contributed by atoms with van der Waals surface area (Å²) in [4.78, 5) is 10.1. The Morgan fingerprint density at radius 1 is 1.18 bits per heavy atom. The normalized spacial score (nSPS) is 13.5. The van der Waals surface area contributed by atoms with Crippen molar-refractivity contribution in [2.24, 2.45) is 11.8 Å². The third-order valence-electron chi connectivity index (χ3n) is 1.98. The minimum atomic E-state index is 0.589. The second-order valence-corrected chi connectivity index (χ2v) is 3.83. The van der Waals surface area contributed by atoms with Gasteiger partial charge in [0.15, 0.2) is 0 Å². The van der Waals surface area contributed by atoms with Crippen LogP contribution in [0.2, 0.25) is 0 Å². The molecule has 0 spiro atoms. The predicted molar refractivity (Wildman–Crippen MR) is 48.5 cm³/mol. The van der Waals surface area contributed by atoms with E-state index in [0.29, 0.717) is 5.92 Å². The molecule has 0 saturated carbocycles. The summed E-state index contributed by atoms with van der Waals surface area (Å²) in [5.41, 5.74) is 0. The molecule has 0 unspecified atom stereocenters. The van der Waals surface area contributed by atoms with Crippen molar-refractivity contribution in [3.63, 3.8) is 0 Å². The topological polar surface area (TPSA) is 17.1 Å². The van der Waals surface area contributed by atoms with Crippen molar-refractivity contribution >= 4 is 6.29 Å². The zero-order valence-corrected chi connectivity index (χ0v) is 7.97. The molecule has 0 aliphatic carbocycles. The van der Waals surface area contributed by atoms with Gasteiger partial charge in [0.05, 0.1) is 0 Å². The number of carbonyl (C=O) groups is 1. The Kier molecular flexibility index (Phi) is 6.19. The highest BCUT2D eigenvalue weighted by molar-refractivity contribution is 5.49. The standard InChI is InChI=1S/C10H20O/c1-9(2)5-4-6-10(3)7-8-11/h8-10H,4-7H2,1-3H3/t10-/m1/s1. The van der Waals surface area contributed by atoms with Crippen LogP contribution >= 0.6 is 0 Å². The minimum Gasteiger partial charge on any atom is -0.303 e. The highest BCUT2D eigenvalue weighted by Crippen LogP contribution is 2.13. The van der Waals surface area contributed by atoms with E-state index < -0.39 is 0 Å². The van der Waals surface area contributed by atoms with Gasteiger partial charge in [0.2, 0.25) is 0 Å². The van der Waals surface area contributed by atoms with Crippen LogP contribution in [0.5, 0.6) is 0 Å². The van der Waals surface area contributed by atoms with E-state index in [1.165, 1.54) is 19.3 Å². The van der Waals surface area contributed by atoms with Crippen molar-refractivity contribution in [2.45, 2.75) is 46.5 Å². The van der Waals surface area contributed by atoms with Gasteiger partial charge < -0.3 is 4.79 Å². The lowest BCUT2D eigenvalue weighted by Crippen LogP contribution is -1.96. The molecular weight excluding hydrogens is 136 g/mol. The Balaban J connectivity index is 3.16. The van der Waals surface area contributed by atoms with Crippen molar-refractivity contribution in [1.29, 1.82) is 0 Å². The van der Waals surface area contributed by atoms with Gasteiger partial charge in [-0.2, -0.15) is 0 Å². The maximum absolute atomic E-state index is 10.1. The van der Waals surface area contributed by atoms with E-state index in [0.717, 1.165) is 18.6 Å². The highest BCUT2D eigenvalue weighted by atomic mass is 16.1. The van der Waals surface area contributed by atoms with Crippen LogP contribution < -0.4 is 0 Å². The molecule has 0 bridgehead atoms. The summed E-state index contributed by atoms with van der Waals surface area (Å²) in [7, 11) is 0. The van der Waals surface area contributed by atoms with Gasteiger partial charge in [-0.15, -0.1) is 0 Å². The van der Waals surface area contributed by atoms with Gasteiger partial charge in [0, 0.05) is 6.42 Å². The SMILES string of the molecule is CC(C)CCC[C@@H](C)CC=O. The quantitative estimate of drug-likeness (QED) is 0.540. The zero-order valence-electron chi connectivity index (χ0n) is 7.97.